The van der Waals surface area contributed by atoms with Crippen LogP contribution in [0.1, 0.15) is 33.3 Å². The fraction of sp³-hybridized carbons (Fsp3) is 0.417. The van der Waals surface area contributed by atoms with Gasteiger partial charge >= 0.3 is 0 Å². The molecule has 0 N–H and O–H groups in total. The van der Waals surface area contributed by atoms with Gasteiger partial charge in [-0.3, -0.25) is 4.79 Å². The van der Waals surface area contributed by atoms with Crippen LogP contribution in [-0.4, -0.2) is 33.4 Å². The lowest BCUT2D eigenvalue weighted by Gasteiger charge is -2.27. The minimum absolute atomic E-state index is 0.152. The summed E-state index contributed by atoms with van der Waals surface area (Å²) in [6.45, 7) is 12.6. The molecular formula is C24H31N3O. The number of nitrogens with zero attached hydrogens (tertiary/aromatic N) is 3. The third kappa shape index (κ3) is 4.61. The predicted octanol–water partition coefficient (Wildman–Crippen LogP) is 5.15. The third-order valence-electron chi connectivity index (χ3n) is 4.78. The van der Waals surface area contributed by atoms with Gasteiger partial charge < -0.3 is 9.47 Å². The smallest absolute Gasteiger partial charge is 0.242 e. The number of hydrogen-bond donors (Lipinski definition) is 0. The predicted molar refractivity (Wildman–Crippen MR) is 116 cm³/mol. The Balaban J connectivity index is 1.99. The van der Waals surface area contributed by atoms with Gasteiger partial charge in [0.1, 0.15) is 12.4 Å². The highest BCUT2D eigenvalue weighted by Crippen LogP contribution is 2.25. The number of aromatic nitrogens is 2. The number of aryl methyl sites for hydroxylation is 1. The Labute approximate surface area is 168 Å². The summed E-state index contributed by atoms with van der Waals surface area (Å²) >= 11 is 0. The molecule has 0 aliphatic rings. The van der Waals surface area contributed by atoms with Gasteiger partial charge in [0, 0.05) is 18.7 Å². The lowest BCUT2D eigenvalue weighted by molar-refractivity contribution is -0.132. The van der Waals surface area contributed by atoms with Crippen LogP contribution in [-0.2, 0) is 11.3 Å². The molecule has 1 aromatic heterocycles. The van der Waals surface area contributed by atoms with Crippen LogP contribution in [0.15, 0.2) is 48.5 Å². The summed E-state index contributed by atoms with van der Waals surface area (Å²) in [5.74, 6) is 1.89. The Hall–Kier alpha value is -2.62. The number of hydrogen-bond acceptors (Lipinski definition) is 2. The molecule has 4 nitrogen and oxygen atoms in total. The molecule has 28 heavy (non-hydrogen) atoms. The molecule has 2 aromatic carbocycles. The van der Waals surface area contributed by atoms with E-state index in [0.717, 1.165) is 35.5 Å². The highest BCUT2D eigenvalue weighted by atomic mass is 16.2. The van der Waals surface area contributed by atoms with Gasteiger partial charge in [-0.1, -0.05) is 69.7 Å². The van der Waals surface area contributed by atoms with E-state index in [4.69, 9.17) is 4.98 Å². The van der Waals surface area contributed by atoms with Gasteiger partial charge in [-0.25, -0.2) is 4.98 Å². The van der Waals surface area contributed by atoms with E-state index in [2.05, 4.69) is 63.5 Å². The van der Waals surface area contributed by atoms with Crippen molar-refractivity contribution in [1.29, 1.82) is 0 Å². The number of imidazole rings is 1. The Morgan fingerprint density at radius 2 is 1.57 bits per heavy atom. The summed E-state index contributed by atoms with van der Waals surface area (Å²) in [6.07, 6.45) is 0. The molecule has 0 fully saturated rings. The molecular weight excluding hydrogens is 346 g/mol. The Kier molecular flexibility index (Phi) is 6.18. The van der Waals surface area contributed by atoms with E-state index in [-0.39, 0.29) is 5.91 Å². The second kappa shape index (κ2) is 8.59. The summed E-state index contributed by atoms with van der Waals surface area (Å²) in [7, 11) is 0. The molecule has 4 heteroatoms. The number of para-hydroxylation sites is 2. The zero-order valence-electron chi connectivity index (χ0n) is 17.6. The van der Waals surface area contributed by atoms with Crippen molar-refractivity contribution in [2.24, 2.45) is 11.8 Å². The quantitative estimate of drug-likeness (QED) is 0.571. The highest BCUT2D eigenvalue weighted by molar-refractivity contribution is 5.84. The summed E-state index contributed by atoms with van der Waals surface area (Å²) in [5, 5.41) is 0. The normalized spacial score (nSPS) is 11.5. The van der Waals surface area contributed by atoms with Crippen molar-refractivity contribution >= 4 is 16.9 Å². The summed E-state index contributed by atoms with van der Waals surface area (Å²) in [5.41, 5.74) is 4.17. The summed E-state index contributed by atoms with van der Waals surface area (Å²) in [6, 6.07) is 16.4. The number of benzene rings is 2. The zero-order valence-corrected chi connectivity index (χ0v) is 17.6. The second-order valence-corrected chi connectivity index (χ2v) is 8.46. The van der Waals surface area contributed by atoms with E-state index in [1.807, 2.05) is 29.2 Å². The number of carbonyl (C=O) groups is 1. The molecule has 1 amide bonds. The van der Waals surface area contributed by atoms with Crippen LogP contribution in [0.4, 0.5) is 0 Å². The van der Waals surface area contributed by atoms with Gasteiger partial charge in [0.05, 0.1) is 11.0 Å². The van der Waals surface area contributed by atoms with E-state index < -0.39 is 0 Å². The summed E-state index contributed by atoms with van der Waals surface area (Å²) < 4.78 is 2.07. The van der Waals surface area contributed by atoms with Crippen LogP contribution in [0.5, 0.6) is 0 Å². The van der Waals surface area contributed by atoms with Gasteiger partial charge in [-0.05, 0) is 30.9 Å². The van der Waals surface area contributed by atoms with Gasteiger partial charge in [-0.2, -0.15) is 0 Å². The fourth-order valence-electron chi connectivity index (χ4n) is 3.55. The van der Waals surface area contributed by atoms with Gasteiger partial charge in [-0.15, -0.1) is 0 Å². The van der Waals surface area contributed by atoms with E-state index in [1.165, 1.54) is 5.56 Å². The van der Waals surface area contributed by atoms with Crippen molar-refractivity contribution in [2.45, 2.75) is 41.2 Å². The SMILES string of the molecule is Cc1ccc(-c2nc3ccccc3n2CC(=O)N(CC(C)C)CC(C)C)cc1. The monoisotopic (exact) mass is 377 g/mol. The lowest BCUT2D eigenvalue weighted by Crippen LogP contribution is -2.39. The van der Waals surface area contributed by atoms with Crippen molar-refractivity contribution < 1.29 is 4.79 Å². The van der Waals surface area contributed by atoms with Gasteiger partial charge in [0.15, 0.2) is 0 Å². The topological polar surface area (TPSA) is 38.1 Å². The van der Waals surface area contributed by atoms with Crippen molar-refractivity contribution in [1.82, 2.24) is 14.5 Å². The van der Waals surface area contributed by atoms with E-state index in [1.54, 1.807) is 0 Å². The number of amides is 1. The van der Waals surface area contributed by atoms with Crippen LogP contribution < -0.4 is 0 Å². The molecule has 0 saturated heterocycles. The molecule has 0 bridgehead atoms. The first-order valence-electron chi connectivity index (χ1n) is 10.1. The van der Waals surface area contributed by atoms with Crippen molar-refractivity contribution in [3.05, 3.63) is 54.1 Å². The first-order valence-corrected chi connectivity index (χ1v) is 10.1. The molecule has 3 aromatic rings. The molecule has 0 saturated carbocycles. The lowest BCUT2D eigenvalue weighted by atomic mass is 10.1. The maximum Gasteiger partial charge on any atom is 0.242 e. The molecule has 0 spiro atoms. The minimum atomic E-state index is 0.152. The van der Waals surface area contributed by atoms with Crippen LogP contribution in [0.25, 0.3) is 22.4 Å². The van der Waals surface area contributed by atoms with E-state index >= 15 is 0 Å². The standard InChI is InChI=1S/C24H31N3O/c1-17(2)14-26(15-18(3)4)23(28)16-27-22-9-7-6-8-21(22)25-24(27)20-12-10-19(5)11-13-20/h6-13,17-18H,14-16H2,1-5H3. The first kappa shape index (κ1) is 20.1. The van der Waals surface area contributed by atoms with Crippen LogP contribution in [0.3, 0.4) is 0 Å². The maximum absolute atomic E-state index is 13.2. The Morgan fingerprint density at radius 3 is 2.18 bits per heavy atom. The molecule has 148 valence electrons. The van der Waals surface area contributed by atoms with Crippen LogP contribution in [0.2, 0.25) is 0 Å². The Bertz CT molecular complexity index is 928. The molecule has 0 unspecified atom stereocenters. The molecule has 0 radical (unpaired) electrons. The number of rotatable bonds is 7. The van der Waals surface area contributed by atoms with Crippen LogP contribution in [0, 0.1) is 18.8 Å². The van der Waals surface area contributed by atoms with Gasteiger partial charge in [0.25, 0.3) is 0 Å². The number of fused-ring (bicyclic) bond motifs is 1. The Morgan fingerprint density at radius 1 is 0.964 bits per heavy atom. The van der Waals surface area contributed by atoms with Crippen molar-refractivity contribution in [3.63, 3.8) is 0 Å². The van der Waals surface area contributed by atoms with Crippen LogP contribution >= 0.6 is 0 Å². The van der Waals surface area contributed by atoms with E-state index in [0.29, 0.717) is 18.4 Å². The third-order valence-corrected chi connectivity index (χ3v) is 4.78. The number of carbonyl (C=O) groups excluding carboxylic acids is 1. The average Bonchev–Trinajstić information content (AvgIpc) is 2.99. The van der Waals surface area contributed by atoms with Gasteiger partial charge in [0.2, 0.25) is 5.91 Å². The fourth-order valence-corrected chi connectivity index (χ4v) is 3.55. The first-order chi connectivity index (χ1) is 13.3. The highest BCUT2D eigenvalue weighted by Gasteiger charge is 2.20. The zero-order chi connectivity index (χ0) is 20.3. The largest absolute Gasteiger partial charge is 0.341 e. The molecule has 0 aliphatic heterocycles. The molecule has 0 atom stereocenters. The second-order valence-electron chi connectivity index (χ2n) is 8.46. The molecule has 3 rings (SSSR count). The molecule has 0 aliphatic carbocycles. The minimum Gasteiger partial charge on any atom is -0.341 e. The maximum atomic E-state index is 13.2. The average molecular weight is 378 g/mol. The summed E-state index contributed by atoms with van der Waals surface area (Å²) in [4.78, 5) is 20.1. The van der Waals surface area contributed by atoms with Crippen molar-refractivity contribution in [2.75, 3.05) is 13.1 Å². The molecule has 1 heterocycles. The van der Waals surface area contributed by atoms with Crippen molar-refractivity contribution in [3.8, 4) is 11.4 Å². The van der Waals surface area contributed by atoms with E-state index in [9.17, 15) is 4.79 Å².